The first-order valence-electron chi connectivity index (χ1n) is 8.01. The van der Waals surface area contributed by atoms with Crippen LogP contribution in [0.5, 0.6) is 11.8 Å². The van der Waals surface area contributed by atoms with Crippen LogP contribution in [-0.4, -0.2) is 15.0 Å². The van der Waals surface area contributed by atoms with Crippen LogP contribution in [0.25, 0.3) is 22.0 Å². The van der Waals surface area contributed by atoms with E-state index in [0.717, 1.165) is 40.4 Å². The van der Waals surface area contributed by atoms with Gasteiger partial charge in [0.2, 0.25) is 11.8 Å². The van der Waals surface area contributed by atoms with Gasteiger partial charge in [-0.1, -0.05) is 18.2 Å². The van der Waals surface area contributed by atoms with E-state index in [9.17, 15) is 13.2 Å². The fourth-order valence-corrected chi connectivity index (χ4v) is 2.56. The third kappa shape index (κ3) is 3.72. The number of hydrogen-bond acceptors (Lipinski definition) is 4. The normalized spacial score (nSPS) is 11.5. The van der Waals surface area contributed by atoms with E-state index in [2.05, 4.69) is 15.0 Å². The monoisotopic (exact) mass is 367 g/mol. The van der Waals surface area contributed by atoms with Crippen LogP contribution in [0.1, 0.15) is 5.56 Å². The van der Waals surface area contributed by atoms with Gasteiger partial charge in [-0.15, -0.1) is 0 Å². The Bertz CT molecular complexity index is 1080. The lowest BCUT2D eigenvalue weighted by Crippen LogP contribution is -2.05. The van der Waals surface area contributed by atoms with Crippen LogP contribution in [0.15, 0.2) is 73.2 Å². The molecular weight excluding hydrogens is 355 g/mol. The van der Waals surface area contributed by atoms with Gasteiger partial charge >= 0.3 is 6.18 Å². The minimum atomic E-state index is -4.43. The molecule has 7 heteroatoms. The van der Waals surface area contributed by atoms with Crippen LogP contribution in [-0.2, 0) is 6.18 Å². The highest BCUT2D eigenvalue weighted by Crippen LogP contribution is 2.30. The van der Waals surface area contributed by atoms with E-state index in [1.807, 2.05) is 30.3 Å². The maximum absolute atomic E-state index is 12.6. The number of alkyl halides is 3. The molecule has 0 aliphatic carbocycles. The number of nitrogens with zero attached hydrogens (tertiary/aromatic N) is 3. The van der Waals surface area contributed by atoms with Gasteiger partial charge in [-0.25, -0.2) is 9.97 Å². The average Bonchev–Trinajstić information content (AvgIpc) is 2.68. The average molecular weight is 367 g/mol. The standard InChI is InChI=1S/C20H12F3N3O/c21-20(22,23)16-6-8-19(26-12-16)27-18-7-5-14(10-25-18)15-9-13-3-1-2-4-17(13)24-11-15/h1-12H. The Morgan fingerprint density at radius 2 is 1.41 bits per heavy atom. The van der Waals surface area contributed by atoms with Gasteiger partial charge in [0.05, 0.1) is 11.1 Å². The van der Waals surface area contributed by atoms with E-state index in [4.69, 9.17) is 4.74 Å². The summed E-state index contributed by atoms with van der Waals surface area (Å²) in [5.74, 6) is 0.273. The maximum Gasteiger partial charge on any atom is 0.417 e. The number of aromatic nitrogens is 3. The minimum absolute atomic E-state index is 0.0376. The smallest absolute Gasteiger partial charge is 0.417 e. The molecule has 0 bridgehead atoms. The second-order valence-corrected chi connectivity index (χ2v) is 5.79. The van der Waals surface area contributed by atoms with Gasteiger partial charge in [0.25, 0.3) is 0 Å². The van der Waals surface area contributed by atoms with E-state index in [1.165, 1.54) is 0 Å². The summed E-state index contributed by atoms with van der Waals surface area (Å²) < 4.78 is 43.1. The summed E-state index contributed by atoms with van der Waals surface area (Å²) in [6.45, 7) is 0. The molecule has 0 unspecified atom stereocenters. The summed E-state index contributed by atoms with van der Waals surface area (Å²) in [7, 11) is 0. The van der Waals surface area contributed by atoms with Crippen LogP contribution < -0.4 is 4.74 Å². The zero-order valence-corrected chi connectivity index (χ0v) is 13.8. The molecule has 4 rings (SSSR count). The van der Waals surface area contributed by atoms with Crippen LogP contribution in [0, 0.1) is 0 Å². The molecule has 1 aromatic carbocycles. The van der Waals surface area contributed by atoms with Gasteiger partial charge < -0.3 is 4.74 Å². The topological polar surface area (TPSA) is 47.9 Å². The molecule has 0 fully saturated rings. The van der Waals surface area contributed by atoms with E-state index < -0.39 is 11.7 Å². The van der Waals surface area contributed by atoms with Crippen LogP contribution in [0.2, 0.25) is 0 Å². The fraction of sp³-hybridized carbons (Fsp3) is 0.0500. The molecule has 27 heavy (non-hydrogen) atoms. The van der Waals surface area contributed by atoms with Crippen molar-refractivity contribution in [1.82, 2.24) is 15.0 Å². The number of rotatable bonds is 3. The lowest BCUT2D eigenvalue weighted by atomic mass is 10.1. The molecule has 3 heterocycles. The second kappa shape index (κ2) is 6.68. The van der Waals surface area contributed by atoms with Crippen molar-refractivity contribution in [3.05, 3.63) is 78.8 Å². The zero-order chi connectivity index (χ0) is 18.9. The highest BCUT2D eigenvalue weighted by molar-refractivity contribution is 5.83. The Balaban J connectivity index is 1.53. The molecule has 0 saturated heterocycles. The predicted octanol–water partition coefficient (Wildman–Crippen LogP) is 5.50. The number of benzene rings is 1. The third-order valence-electron chi connectivity index (χ3n) is 3.93. The van der Waals surface area contributed by atoms with Crippen molar-refractivity contribution in [1.29, 1.82) is 0 Å². The summed E-state index contributed by atoms with van der Waals surface area (Å²) in [6.07, 6.45) is -0.327. The second-order valence-electron chi connectivity index (χ2n) is 5.79. The van der Waals surface area contributed by atoms with Gasteiger partial charge in [-0.05, 0) is 24.3 Å². The quantitative estimate of drug-likeness (QED) is 0.479. The molecule has 134 valence electrons. The highest BCUT2D eigenvalue weighted by Gasteiger charge is 2.30. The van der Waals surface area contributed by atoms with E-state index in [1.54, 1.807) is 24.5 Å². The largest absolute Gasteiger partial charge is 0.421 e. The summed E-state index contributed by atoms with van der Waals surface area (Å²) in [5, 5.41) is 1.02. The Labute approximate surface area is 152 Å². The molecule has 4 nitrogen and oxygen atoms in total. The van der Waals surface area contributed by atoms with Gasteiger partial charge in [0.1, 0.15) is 0 Å². The summed E-state index contributed by atoms with van der Waals surface area (Å²) in [5.41, 5.74) is 1.82. The SMILES string of the molecule is FC(F)(F)c1ccc(Oc2ccc(-c3cnc4ccccc4c3)cn2)nc1. The van der Waals surface area contributed by atoms with Crippen LogP contribution in [0.4, 0.5) is 13.2 Å². The van der Waals surface area contributed by atoms with Gasteiger partial charge in [-0.3, -0.25) is 4.98 Å². The van der Waals surface area contributed by atoms with E-state index >= 15 is 0 Å². The molecule has 0 N–H and O–H groups in total. The highest BCUT2D eigenvalue weighted by atomic mass is 19.4. The Kier molecular flexibility index (Phi) is 4.19. The summed E-state index contributed by atoms with van der Waals surface area (Å²) in [6, 6.07) is 15.3. The lowest BCUT2D eigenvalue weighted by molar-refractivity contribution is -0.137. The summed E-state index contributed by atoms with van der Waals surface area (Å²) >= 11 is 0. The minimum Gasteiger partial charge on any atom is -0.421 e. The number of hydrogen-bond donors (Lipinski definition) is 0. The van der Waals surface area contributed by atoms with Crippen molar-refractivity contribution in [3.8, 4) is 22.9 Å². The molecule has 0 aliphatic heterocycles. The van der Waals surface area contributed by atoms with Crippen LogP contribution >= 0.6 is 0 Å². The van der Waals surface area contributed by atoms with E-state index in [0.29, 0.717) is 0 Å². The predicted molar refractivity (Wildman–Crippen MR) is 94.3 cm³/mol. The number of ether oxygens (including phenoxy) is 1. The molecule has 0 amide bonds. The van der Waals surface area contributed by atoms with Crippen molar-refractivity contribution >= 4 is 10.9 Å². The number of para-hydroxylation sites is 1. The van der Waals surface area contributed by atoms with Crippen LogP contribution in [0.3, 0.4) is 0 Å². The van der Waals surface area contributed by atoms with Gasteiger partial charge in [-0.2, -0.15) is 13.2 Å². The molecule has 0 spiro atoms. The Morgan fingerprint density at radius 1 is 0.704 bits per heavy atom. The zero-order valence-electron chi connectivity index (χ0n) is 13.8. The van der Waals surface area contributed by atoms with Gasteiger partial charge in [0.15, 0.2) is 0 Å². The number of halogens is 3. The first kappa shape index (κ1) is 17.0. The molecule has 3 aromatic heterocycles. The molecule has 0 radical (unpaired) electrons. The van der Waals surface area contributed by atoms with Crippen molar-refractivity contribution in [2.45, 2.75) is 6.18 Å². The summed E-state index contributed by atoms with van der Waals surface area (Å²) in [4.78, 5) is 12.3. The van der Waals surface area contributed by atoms with Crippen molar-refractivity contribution in [3.63, 3.8) is 0 Å². The number of fused-ring (bicyclic) bond motifs is 1. The Morgan fingerprint density at radius 3 is 2.07 bits per heavy atom. The maximum atomic E-state index is 12.6. The molecule has 0 atom stereocenters. The molecule has 0 saturated carbocycles. The Hall–Kier alpha value is -3.48. The number of pyridine rings is 3. The molecule has 4 aromatic rings. The fourth-order valence-electron chi connectivity index (χ4n) is 2.56. The van der Waals surface area contributed by atoms with Gasteiger partial charge in [0, 0.05) is 47.2 Å². The van der Waals surface area contributed by atoms with Crippen molar-refractivity contribution < 1.29 is 17.9 Å². The molecular formula is C20H12F3N3O. The first-order chi connectivity index (χ1) is 13.0. The van der Waals surface area contributed by atoms with Crippen molar-refractivity contribution in [2.24, 2.45) is 0 Å². The lowest BCUT2D eigenvalue weighted by Gasteiger charge is -2.08. The third-order valence-corrected chi connectivity index (χ3v) is 3.93. The van der Waals surface area contributed by atoms with E-state index in [-0.39, 0.29) is 11.8 Å². The molecule has 0 aliphatic rings. The first-order valence-corrected chi connectivity index (χ1v) is 8.01. The van der Waals surface area contributed by atoms with Crippen molar-refractivity contribution in [2.75, 3.05) is 0 Å².